The molecule has 8 heteroatoms. The second kappa shape index (κ2) is 6.48. The van der Waals surface area contributed by atoms with E-state index in [1.54, 1.807) is 12.1 Å². The van der Waals surface area contributed by atoms with Crippen molar-refractivity contribution in [3.63, 3.8) is 0 Å². The van der Waals surface area contributed by atoms with E-state index in [0.717, 1.165) is 0 Å². The van der Waals surface area contributed by atoms with Crippen LogP contribution in [0.5, 0.6) is 5.75 Å². The maximum atomic E-state index is 12.1. The second-order valence-electron chi connectivity index (χ2n) is 4.76. The predicted molar refractivity (Wildman–Crippen MR) is 84.3 cm³/mol. The number of nitrogens with zero attached hydrogens (tertiary/aromatic N) is 4. The van der Waals surface area contributed by atoms with Crippen molar-refractivity contribution in [1.29, 1.82) is 5.26 Å². The number of hydrogen-bond donors (Lipinski definition) is 1. The molecule has 0 fully saturated rings. The molecule has 0 bridgehead atoms. The number of pyridine rings is 3. The summed E-state index contributed by atoms with van der Waals surface area (Å²) in [5, 5.41) is 19.5. The van der Waals surface area contributed by atoms with Crippen molar-refractivity contribution in [3.8, 4) is 11.8 Å². The van der Waals surface area contributed by atoms with Crippen LogP contribution in [0, 0.1) is 11.3 Å². The Bertz CT molecular complexity index is 967. The molecule has 0 aliphatic carbocycles. The standard InChI is InChI=1S/C16H9ClN4O3/c17-13-4-3-11-12(21-13)7-20-14(15(11)22)16(23)24-8-9-1-2-10(5-18)19-6-9/h1-4,6-7,22H,8H2. The van der Waals surface area contributed by atoms with Gasteiger partial charge in [0.25, 0.3) is 0 Å². The van der Waals surface area contributed by atoms with Gasteiger partial charge < -0.3 is 9.84 Å². The third-order valence-electron chi connectivity index (χ3n) is 3.19. The van der Waals surface area contributed by atoms with Gasteiger partial charge in [0.1, 0.15) is 23.5 Å². The highest BCUT2D eigenvalue weighted by Crippen LogP contribution is 2.27. The highest BCUT2D eigenvalue weighted by Gasteiger charge is 2.18. The highest BCUT2D eigenvalue weighted by molar-refractivity contribution is 6.29. The third-order valence-corrected chi connectivity index (χ3v) is 3.40. The maximum absolute atomic E-state index is 12.1. The lowest BCUT2D eigenvalue weighted by Gasteiger charge is -2.07. The molecule has 3 aromatic rings. The van der Waals surface area contributed by atoms with E-state index in [2.05, 4.69) is 15.0 Å². The van der Waals surface area contributed by atoms with E-state index in [9.17, 15) is 9.90 Å². The maximum Gasteiger partial charge on any atom is 0.361 e. The van der Waals surface area contributed by atoms with Gasteiger partial charge >= 0.3 is 5.97 Å². The lowest BCUT2D eigenvalue weighted by atomic mass is 10.2. The van der Waals surface area contributed by atoms with Crippen molar-refractivity contribution in [1.82, 2.24) is 15.0 Å². The number of halogens is 1. The van der Waals surface area contributed by atoms with E-state index in [0.29, 0.717) is 16.5 Å². The largest absolute Gasteiger partial charge is 0.505 e. The van der Waals surface area contributed by atoms with Crippen LogP contribution >= 0.6 is 11.6 Å². The fourth-order valence-corrected chi connectivity index (χ4v) is 2.16. The van der Waals surface area contributed by atoms with E-state index in [4.69, 9.17) is 21.6 Å². The zero-order chi connectivity index (χ0) is 17.1. The Balaban J connectivity index is 1.79. The van der Waals surface area contributed by atoms with Gasteiger partial charge in [0, 0.05) is 17.1 Å². The van der Waals surface area contributed by atoms with Crippen molar-refractivity contribution in [3.05, 3.63) is 58.8 Å². The summed E-state index contributed by atoms with van der Waals surface area (Å²) in [7, 11) is 0. The van der Waals surface area contributed by atoms with Crippen molar-refractivity contribution in [2.24, 2.45) is 0 Å². The molecule has 24 heavy (non-hydrogen) atoms. The summed E-state index contributed by atoms with van der Waals surface area (Å²) >= 11 is 5.77. The fraction of sp³-hybridized carbons (Fsp3) is 0.0625. The predicted octanol–water partition coefficient (Wildman–Crippen LogP) is 2.61. The molecule has 0 radical (unpaired) electrons. The number of hydrogen-bond acceptors (Lipinski definition) is 7. The first kappa shape index (κ1) is 15.6. The molecule has 0 saturated carbocycles. The van der Waals surface area contributed by atoms with Gasteiger partial charge in [0.05, 0.1) is 11.7 Å². The lowest BCUT2D eigenvalue weighted by molar-refractivity contribution is 0.0462. The first-order valence-corrected chi connectivity index (χ1v) is 7.12. The molecule has 0 amide bonds. The zero-order valence-electron chi connectivity index (χ0n) is 12.1. The van der Waals surface area contributed by atoms with Crippen LogP contribution in [-0.4, -0.2) is 26.0 Å². The van der Waals surface area contributed by atoms with Crippen LogP contribution in [0.1, 0.15) is 21.7 Å². The van der Waals surface area contributed by atoms with Gasteiger partial charge in [-0.15, -0.1) is 0 Å². The summed E-state index contributed by atoms with van der Waals surface area (Å²) in [5.41, 5.74) is 1.03. The molecule has 0 aromatic carbocycles. The summed E-state index contributed by atoms with van der Waals surface area (Å²) in [6.45, 7) is -0.0600. The Morgan fingerprint density at radius 3 is 2.79 bits per heavy atom. The minimum absolute atomic E-state index is 0.0600. The molecule has 3 heterocycles. The van der Waals surface area contributed by atoms with Crippen molar-refractivity contribution >= 4 is 28.5 Å². The number of aromatic nitrogens is 3. The number of rotatable bonds is 3. The van der Waals surface area contributed by atoms with Crippen molar-refractivity contribution < 1.29 is 14.6 Å². The quantitative estimate of drug-likeness (QED) is 0.576. The molecule has 0 aliphatic rings. The van der Waals surface area contributed by atoms with Gasteiger partial charge in [-0.2, -0.15) is 5.26 Å². The van der Waals surface area contributed by atoms with Crippen LogP contribution in [0.2, 0.25) is 5.15 Å². The Kier molecular flexibility index (Phi) is 4.22. The third kappa shape index (κ3) is 3.09. The molecular weight excluding hydrogens is 332 g/mol. The van der Waals surface area contributed by atoms with Crippen LogP contribution in [0.4, 0.5) is 0 Å². The lowest BCUT2D eigenvalue weighted by Crippen LogP contribution is -2.08. The monoisotopic (exact) mass is 340 g/mol. The summed E-state index contributed by atoms with van der Waals surface area (Å²) < 4.78 is 5.11. The number of carbonyl (C=O) groups is 1. The van der Waals surface area contributed by atoms with Crippen LogP contribution < -0.4 is 0 Å². The average molecular weight is 341 g/mol. The molecule has 0 aliphatic heterocycles. The van der Waals surface area contributed by atoms with Gasteiger partial charge in [-0.1, -0.05) is 17.7 Å². The SMILES string of the molecule is N#Cc1ccc(COC(=O)c2ncc3nc(Cl)ccc3c2O)cn1. The normalized spacial score (nSPS) is 10.3. The molecule has 0 saturated heterocycles. The van der Waals surface area contributed by atoms with Crippen LogP contribution in [0.3, 0.4) is 0 Å². The number of nitriles is 1. The van der Waals surface area contributed by atoms with Gasteiger partial charge in [-0.05, 0) is 18.2 Å². The fourth-order valence-electron chi connectivity index (χ4n) is 2.01. The molecule has 0 unspecified atom stereocenters. The molecule has 3 aromatic heterocycles. The molecule has 7 nitrogen and oxygen atoms in total. The first-order valence-electron chi connectivity index (χ1n) is 6.75. The first-order chi connectivity index (χ1) is 11.6. The Morgan fingerprint density at radius 2 is 2.08 bits per heavy atom. The van der Waals surface area contributed by atoms with E-state index < -0.39 is 5.97 Å². The zero-order valence-corrected chi connectivity index (χ0v) is 12.9. The van der Waals surface area contributed by atoms with Crippen LogP contribution in [0.25, 0.3) is 10.9 Å². The summed E-state index contributed by atoms with van der Waals surface area (Å²) in [5.74, 6) is -1.10. The van der Waals surface area contributed by atoms with E-state index in [1.165, 1.54) is 24.5 Å². The minimum Gasteiger partial charge on any atom is -0.505 e. The van der Waals surface area contributed by atoms with E-state index >= 15 is 0 Å². The minimum atomic E-state index is -0.784. The molecule has 3 rings (SSSR count). The average Bonchev–Trinajstić information content (AvgIpc) is 2.60. The second-order valence-corrected chi connectivity index (χ2v) is 5.15. The number of aromatic hydroxyl groups is 1. The molecule has 1 N–H and O–H groups in total. The van der Waals surface area contributed by atoms with Crippen LogP contribution in [-0.2, 0) is 11.3 Å². The summed E-state index contributed by atoms with van der Waals surface area (Å²) in [4.78, 5) is 23.9. The Hall–Kier alpha value is -3.24. The summed E-state index contributed by atoms with van der Waals surface area (Å²) in [6, 6.07) is 8.08. The number of carbonyl (C=O) groups excluding carboxylic acids is 1. The molecule has 0 atom stereocenters. The number of fused-ring (bicyclic) bond motifs is 1. The van der Waals surface area contributed by atoms with Crippen molar-refractivity contribution in [2.45, 2.75) is 6.61 Å². The van der Waals surface area contributed by atoms with Gasteiger partial charge in [-0.3, -0.25) is 0 Å². The smallest absolute Gasteiger partial charge is 0.361 e. The van der Waals surface area contributed by atoms with Crippen molar-refractivity contribution in [2.75, 3.05) is 0 Å². The molecule has 118 valence electrons. The Labute approximate surface area is 141 Å². The summed E-state index contributed by atoms with van der Waals surface area (Å²) in [6.07, 6.45) is 2.77. The van der Waals surface area contributed by atoms with Crippen LogP contribution in [0.15, 0.2) is 36.7 Å². The topological polar surface area (TPSA) is 109 Å². The molecular formula is C16H9ClN4O3. The number of esters is 1. The van der Waals surface area contributed by atoms with Gasteiger partial charge in [0.2, 0.25) is 0 Å². The van der Waals surface area contributed by atoms with E-state index in [1.807, 2.05) is 6.07 Å². The van der Waals surface area contributed by atoms with Gasteiger partial charge in [-0.25, -0.2) is 19.7 Å². The molecule has 0 spiro atoms. The van der Waals surface area contributed by atoms with Gasteiger partial charge in [0.15, 0.2) is 11.4 Å². The Morgan fingerprint density at radius 1 is 1.25 bits per heavy atom. The highest BCUT2D eigenvalue weighted by atomic mass is 35.5. The van der Waals surface area contributed by atoms with E-state index in [-0.39, 0.29) is 28.9 Å². The number of ether oxygens (including phenoxy) is 1.